The fraction of sp³-hybridized carbons (Fsp3) is 0.333. The predicted molar refractivity (Wildman–Crippen MR) is 77.1 cm³/mol. The van der Waals surface area contributed by atoms with Gasteiger partial charge in [0, 0.05) is 24.6 Å². The Kier molecular flexibility index (Phi) is 3.28. The summed E-state index contributed by atoms with van der Waals surface area (Å²) in [5.74, 6) is 0.0415. The number of amides is 1. The van der Waals surface area contributed by atoms with Gasteiger partial charge < -0.3 is 11.1 Å². The van der Waals surface area contributed by atoms with Crippen molar-refractivity contribution in [1.29, 1.82) is 0 Å². The second-order valence-corrected chi connectivity index (χ2v) is 5.34. The van der Waals surface area contributed by atoms with Gasteiger partial charge in [-0.2, -0.15) is 5.10 Å². The molecule has 0 bridgehead atoms. The molecule has 1 heterocycles. The van der Waals surface area contributed by atoms with Crippen LogP contribution in [0.1, 0.15) is 18.4 Å². The Morgan fingerprint density at radius 1 is 1.35 bits per heavy atom. The van der Waals surface area contributed by atoms with Gasteiger partial charge in [-0.15, -0.1) is 0 Å². The normalized spacial score (nSPS) is 15.8. The molecular formula is C15H18N4O. The Labute approximate surface area is 117 Å². The van der Waals surface area contributed by atoms with Crippen molar-refractivity contribution in [3.05, 3.63) is 48.3 Å². The van der Waals surface area contributed by atoms with Crippen LogP contribution in [0.3, 0.4) is 0 Å². The minimum atomic E-state index is -0.312. The number of nitrogens with two attached hydrogens (primary N) is 1. The van der Waals surface area contributed by atoms with E-state index in [1.165, 1.54) is 0 Å². The Balaban J connectivity index is 1.63. The van der Waals surface area contributed by atoms with Crippen molar-refractivity contribution in [2.75, 3.05) is 11.9 Å². The molecule has 5 nitrogen and oxygen atoms in total. The summed E-state index contributed by atoms with van der Waals surface area (Å²) in [4.78, 5) is 12.1. The van der Waals surface area contributed by atoms with Gasteiger partial charge in [0.05, 0.1) is 12.0 Å². The standard InChI is InChI=1S/C15H18N4O/c16-11-15(6-7-15)14(20)18-13-4-2-12(3-5-13)10-19-9-1-8-17-19/h1-5,8-9H,6-7,10-11,16H2,(H,18,20). The molecule has 5 heteroatoms. The van der Waals surface area contributed by atoms with E-state index in [1.807, 2.05) is 41.2 Å². The number of carbonyl (C=O) groups is 1. The second-order valence-electron chi connectivity index (χ2n) is 5.34. The quantitative estimate of drug-likeness (QED) is 0.867. The van der Waals surface area contributed by atoms with Crippen molar-refractivity contribution in [3.8, 4) is 0 Å². The van der Waals surface area contributed by atoms with Crippen molar-refractivity contribution < 1.29 is 4.79 Å². The van der Waals surface area contributed by atoms with Gasteiger partial charge >= 0.3 is 0 Å². The molecule has 0 spiro atoms. The van der Waals surface area contributed by atoms with Crippen molar-refractivity contribution in [1.82, 2.24) is 9.78 Å². The molecule has 1 saturated carbocycles. The number of aromatic nitrogens is 2. The maximum atomic E-state index is 12.1. The van der Waals surface area contributed by atoms with Crippen LogP contribution in [-0.4, -0.2) is 22.2 Å². The third-order valence-electron chi connectivity index (χ3n) is 3.84. The monoisotopic (exact) mass is 270 g/mol. The molecule has 20 heavy (non-hydrogen) atoms. The van der Waals surface area contributed by atoms with Crippen LogP contribution in [0.5, 0.6) is 0 Å². The molecule has 1 aromatic carbocycles. The SMILES string of the molecule is NCC1(C(=O)Nc2ccc(Cn3cccn3)cc2)CC1. The summed E-state index contributed by atoms with van der Waals surface area (Å²) in [6.45, 7) is 1.16. The van der Waals surface area contributed by atoms with Crippen LogP contribution in [0.15, 0.2) is 42.7 Å². The molecule has 104 valence electrons. The molecular weight excluding hydrogens is 252 g/mol. The first-order chi connectivity index (χ1) is 9.72. The van der Waals surface area contributed by atoms with E-state index < -0.39 is 0 Å². The number of anilines is 1. The third kappa shape index (κ3) is 2.58. The van der Waals surface area contributed by atoms with Crippen LogP contribution in [0, 0.1) is 5.41 Å². The number of benzene rings is 1. The maximum absolute atomic E-state index is 12.1. The van der Waals surface area contributed by atoms with Crippen molar-refractivity contribution in [2.45, 2.75) is 19.4 Å². The van der Waals surface area contributed by atoms with Gasteiger partial charge in [0.25, 0.3) is 0 Å². The maximum Gasteiger partial charge on any atom is 0.231 e. The van der Waals surface area contributed by atoms with E-state index in [-0.39, 0.29) is 11.3 Å². The van der Waals surface area contributed by atoms with Gasteiger partial charge in [-0.05, 0) is 36.6 Å². The molecule has 1 aromatic heterocycles. The molecule has 0 radical (unpaired) electrons. The molecule has 1 amide bonds. The van der Waals surface area contributed by atoms with E-state index in [4.69, 9.17) is 5.73 Å². The zero-order valence-corrected chi connectivity index (χ0v) is 11.2. The summed E-state index contributed by atoms with van der Waals surface area (Å²) in [7, 11) is 0. The minimum Gasteiger partial charge on any atom is -0.329 e. The number of hydrogen-bond acceptors (Lipinski definition) is 3. The molecule has 0 aliphatic heterocycles. The van der Waals surface area contributed by atoms with E-state index >= 15 is 0 Å². The van der Waals surface area contributed by atoms with Crippen molar-refractivity contribution in [2.24, 2.45) is 11.1 Å². The lowest BCUT2D eigenvalue weighted by Crippen LogP contribution is -2.30. The van der Waals surface area contributed by atoms with E-state index in [2.05, 4.69) is 10.4 Å². The average Bonchev–Trinajstić information content (AvgIpc) is 3.12. The molecule has 0 unspecified atom stereocenters. The number of rotatable bonds is 5. The first-order valence-electron chi connectivity index (χ1n) is 6.80. The fourth-order valence-electron chi connectivity index (χ4n) is 2.21. The lowest BCUT2D eigenvalue weighted by atomic mass is 10.1. The van der Waals surface area contributed by atoms with E-state index in [1.54, 1.807) is 6.20 Å². The summed E-state index contributed by atoms with van der Waals surface area (Å²) < 4.78 is 1.86. The van der Waals surface area contributed by atoms with Crippen LogP contribution in [-0.2, 0) is 11.3 Å². The highest BCUT2D eigenvalue weighted by atomic mass is 16.2. The number of hydrogen-bond donors (Lipinski definition) is 2. The van der Waals surface area contributed by atoms with Crippen LogP contribution in [0.4, 0.5) is 5.69 Å². The summed E-state index contributed by atoms with van der Waals surface area (Å²) in [5, 5.41) is 7.11. The summed E-state index contributed by atoms with van der Waals surface area (Å²) in [5.41, 5.74) is 7.30. The first kappa shape index (κ1) is 12.9. The van der Waals surface area contributed by atoms with Gasteiger partial charge in [-0.25, -0.2) is 0 Å². The van der Waals surface area contributed by atoms with Crippen LogP contribution in [0.25, 0.3) is 0 Å². The largest absolute Gasteiger partial charge is 0.329 e. The number of carbonyl (C=O) groups excluding carboxylic acids is 1. The molecule has 2 aromatic rings. The highest BCUT2D eigenvalue weighted by Gasteiger charge is 2.48. The van der Waals surface area contributed by atoms with Gasteiger partial charge in [0.15, 0.2) is 0 Å². The molecule has 0 atom stereocenters. The highest BCUT2D eigenvalue weighted by Crippen LogP contribution is 2.45. The van der Waals surface area contributed by atoms with Crippen molar-refractivity contribution >= 4 is 11.6 Å². The lowest BCUT2D eigenvalue weighted by molar-refractivity contribution is -0.120. The first-order valence-corrected chi connectivity index (χ1v) is 6.80. The average molecular weight is 270 g/mol. The van der Waals surface area contributed by atoms with Gasteiger partial charge in [0.1, 0.15) is 0 Å². The van der Waals surface area contributed by atoms with Crippen LogP contribution in [0.2, 0.25) is 0 Å². The van der Waals surface area contributed by atoms with Crippen LogP contribution >= 0.6 is 0 Å². The minimum absolute atomic E-state index is 0.0415. The number of nitrogens with zero attached hydrogens (tertiary/aromatic N) is 2. The van der Waals surface area contributed by atoms with Gasteiger partial charge in [-0.1, -0.05) is 12.1 Å². The molecule has 1 aliphatic carbocycles. The fourth-order valence-corrected chi connectivity index (χ4v) is 2.21. The Bertz CT molecular complexity index is 585. The molecule has 1 fully saturated rings. The van der Waals surface area contributed by atoms with E-state index in [0.717, 1.165) is 30.6 Å². The Morgan fingerprint density at radius 2 is 2.10 bits per heavy atom. The predicted octanol–water partition coefficient (Wildman–Crippen LogP) is 1.61. The summed E-state index contributed by atoms with van der Waals surface area (Å²) in [6.07, 6.45) is 5.48. The second kappa shape index (κ2) is 5.09. The molecule has 3 rings (SSSR count). The number of nitrogens with one attached hydrogen (secondary N) is 1. The summed E-state index contributed by atoms with van der Waals surface area (Å²) >= 11 is 0. The molecule has 0 saturated heterocycles. The zero-order chi connectivity index (χ0) is 14.0. The topological polar surface area (TPSA) is 72.9 Å². The van der Waals surface area contributed by atoms with E-state index in [9.17, 15) is 4.79 Å². The molecule has 3 N–H and O–H groups in total. The zero-order valence-electron chi connectivity index (χ0n) is 11.2. The van der Waals surface area contributed by atoms with E-state index in [0.29, 0.717) is 6.54 Å². The Morgan fingerprint density at radius 3 is 2.65 bits per heavy atom. The third-order valence-corrected chi connectivity index (χ3v) is 3.84. The van der Waals surface area contributed by atoms with Crippen LogP contribution < -0.4 is 11.1 Å². The molecule has 1 aliphatic rings. The highest BCUT2D eigenvalue weighted by molar-refractivity contribution is 5.97. The van der Waals surface area contributed by atoms with Crippen molar-refractivity contribution in [3.63, 3.8) is 0 Å². The smallest absolute Gasteiger partial charge is 0.231 e. The van der Waals surface area contributed by atoms with Gasteiger partial charge in [0.2, 0.25) is 5.91 Å². The summed E-state index contributed by atoms with van der Waals surface area (Å²) in [6, 6.07) is 9.74. The Hall–Kier alpha value is -2.14. The lowest BCUT2D eigenvalue weighted by Gasteiger charge is -2.13. The van der Waals surface area contributed by atoms with Gasteiger partial charge in [-0.3, -0.25) is 9.48 Å².